The summed E-state index contributed by atoms with van der Waals surface area (Å²) in [6.45, 7) is 16.1. The molecule has 1 amide bonds. The van der Waals surface area contributed by atoms with Crippen LogP contribution in [-0.2, 0) is 20.0 Å². The van der Waals surface area contributed by atoms with Crippen molar-refractivity contribution in [3.05, 3.63) is 139 Å². The molecule has 4 aliphatic carbocycles. The maximum absolute atomic E-state index is 13.0. The van der Waals surface area contributed by atoms with Crippen LogP contribution in [0.25, 0.3) is 11.6 Å². The van der Waals surface area contributed by atoms with Gasteiger partial charge in [0.15, 0.2) is 21.6 Å². The number of nitrogens with one attached hydrogen (secondary N) is 3. The third-order valence-electron chi connectivity index (χ3n) is 17.2. The van der Waals surface area contributed by atoms with Crippen LogP contribution < -0.4 is 41.1 Å². The van der Waals surface area contributed by atoms with Gasteiger partial charge in [0.25, 0.3) is 37.1 Å². The van der Waals surface area contributed by atoms with Crippen LogP contribution in [0.3, 0.4) is 0 Å². The molecule has 6 N–H and O–H groups in total. The molecule has 6 heterocycles. The number of aromatic carboxylic acids is 1. The molecule has 0 radical (unpaired) electrons. The van der Waals surface area contributed by atoms with Gasteiger partial charge in [-0.2, -0.15) is 8.42 Å². The summed E-state index contributed by atoms with van der Waals surface area (Å²) >= 11 is 12.2. The van der Waals surface area contributed by atoms with Gasteiger partial charge in [-0.15, -0.1) is 0 Å². The highest BCUT2D eigenvalue weighted by atomic mass is 35.5. The smallest absolute Gasteiger partial charge is 0.338 e. The highest BCUT2D eigenvalue weighted by molar-refractivity contribution is 7.90. The van der Waals surface area contributed by atoms with Crippen molar-refractivity contribution in [3.63, 3.8) is 0 Å². The van der Waals surface area contributed by atoms with Crippen molar-refractivity contribution in [2.45, 2.75) is 154 Å². The standard InChI is InChI=1S/C32H40ClN5O5S.C17H17ClN2O4.C15H25N3O2S/c1-31(2)14-13-22(21-31)7-5-18-34-25-9-4-10-27(35-25)44(41,42)37-29(39)23-11-12-26(36-28(23)33)38-19-6-8-24(30(38)40)43-20-17-32(3)15-16-32;1-17(6-7-17)8-10-24-12-3-2-9-20(15(12)21)13-5-4-11(16(22)23)14(18)19-13;1-15(2)9-8-12(11-15)5-4-10-17-13-6-3-7-14(18-13)21(16,19)20/h4,6,8-12,19,22H,5,7,13-18,20-21H2,1-3H3,(H,34,35)(H,37,39);2-5,9H,6-8,10H2,1H3,(H,22,23);3,6-7,12H,4-5,8-11H2,1-2H3,(H,17,18)(H2,16,19,20)/t22-;;12-/m1.1/s1. The Morgan fingerprint density at radius 2 is 1.04 bits per heavy atom. The first kappa shape index (κ1) is 68.0. The number of rotatable bonds is 25. The number of hydrogen-bond donors (Lipinski definition) is 5. The van der Waals surface area contributed by atoms with E-state index in [1.165, 1.54) is 129 Å². The van der Waals surface area contributed by atoms with Crippen molar-refractivity contribution in [2.24, 2.45) is 38.6 Å². The average Bonchev–Trinajstić information content (AvgIpc) is 3.52. The zero-order chi connectivity index (χ0) is 64.4. The number of anilines is 2. The minimum absolute atomic E-state index is 0.0926. The van der Waals surface area contributed by atoms with Gasteiger partial charge in [0.05, 0.1) is 24.3 Å². The first-order valence-electron chi connectivity index (χ1n) is 30.3. The first-order valence-corrected chi connectivity index (χ1v) is 34.1. The molecule has 6 aromatic heterocycles. The number of nitrogens with two attached hydrogens (primary N) is 1. The number of sulfonamides is 2. The van der Waals surface area contributed by atoms with Crippen molar-refractivity contribution in [3.8, 4) is 23.1 Å². The predicted octanol–water partition coefficient (Wildman–Crippen LogP) is 11.9. The Morgan fingerprint density at radius 3 is 1.45 bits per heavy atom. The van der Waals surface area contributed by atoms with E-state index in [0.29, 0.717) is 53.1 Å². The summed E-state index contributed by atoms with van der Waals surface area (Å²) in [6.07, 6.45) is 21.6. The number of amides is 1. The van der Waals surface area contributed by atoms with Crippen LogP contribution >= 0.6 is 23.2 Å². The molecule has 4 fully saturated rings. The van der Waals surface area contributed by atoms with Crippen LogP contribution in [0.5, 0.6) is 11.5 Å². The fraction of sp³-hybridized carbons (Fsp3) is 0.500. The molecule has 0 spiro atoms. The Labute approximate surface area is 531 Å². The molecule has 10 rings (SSSR count). The number of pyridine rings is 6. The quantitative estimate of drug-likeness (QED) is 0.0263. The van der Waals surface area contributed by atoms with Crippen LogP contribution in [0.15, 0.2) is 117 Å². The Morgan fingerprint density at radius 1 is 0.607 bits per heavy atom. The largest absolute Gasteiger partial charge is 0.488 e. The van der Waals surface area contributed by atoms with Crippen molar-refractivity contribution >= 4 is 66.8 Å². The molecule has 480 valence electrons. The normalized spacial score (nSPS) is 18.3. The number of hydrogen-bond acceptors (Lipinski definition) is 16. The Bertz CT molecular complexity index is 3850. The number of carbonyl (C=O) groups is 2. The molecule has 21 nitrogen and oxygen atoms in total. The Hall–Kier alpha value is -6.92. The molecule has 4 aliphatic rings. The zero-order valence-electron chi connectivity index (χ0n) is 51.4. The van der Waals surface area contributed by atoms with Gasteiger partial charge in [0.1, 0.15) is 33.6 Å². The van der Waals surface area contributed by atoms with E-state index in [4.69, 9.17) is 42.9 Å². The van der Waals surface area contributed by atoms with E-state index in [9.17, 15) is 36.0 Å². The van der Waals surface area contributed by atoms with E-state index in [2.05, 4.69) is 72.1 Å². The van der Waals surface area contributed by atoms with E-state index < -0.39 is 37.5 Å². The van der Waals surface area contributed by atoms with Gasteiger partial charge in [-0.1, -0.05) is 76.9 Å². The van der Waals surface area contributed by atoms with E-state index in [0.717, 1.165) is 50.5 Å². The highest BCUT2D eigenvalue weighted by Gasteiger charge is 2.38. The van der Waals surface area contributed by atoms with Crippen LogP contribution in [0, 0.1) is 33.5 Å². The van der Waals surface area contributed by atoms with Crippen molar-refractivity contribution < 1.29 is 41.0 Å². The first-order chi connectivity index (χ1) is 42.0. The summed E-state index contributed by atoms with van der Waals surface area (Å²) in [5.41, 5.74) is 0.528. The topological polar surface area (TPSA) is 299 Å². The van der Waals surface area contributed by atoms with Gasteiger partial charge < -0.3 is 25.2 Å². The van der Waals surface area contributed by atoms with Gasteiger partial charge in [0, 0.05) is 25.5 Å². The molecule has 0 bridgehead atoms. The summed E-state index contributed by atoms with van der Waals surface area (Å²) in [5.74, 6) is 1.22. The van der Waals surface area contributed by atoms with Crippen LogP contribution in [0.1, 0.15) is 165 Å². The van der Waals surface area contributed by atoms with Crippen LogP contribution in [0.4, 0.5) is 11.6 Å². The van der Waals surface area contributed by atoms with Gasteiger partial charge in [0.2, 0.25) is 0 Å². The molecule has 0 aromatic carbocycles. The lowest BCUT2D eigenvalue weighted by Crippen LogP contribution is -2.31. The highest BCUT2D eigenvalue weighted by Crippen LogP contribution is 2.49. The summed E-state index contributed by atoms with van der Waals surface area (Å²) in [6, 6.07) is 21.4. The van der Waals surface area contributed by atoms with E-state index in [-0.39, 0.29) is 60.2 Å². The molecule has 0 saturated heterocycles. The second-order valence-electron chi connectivity index (χ2n) is 26.1. The number of halogens is 2. The van der Waals surface area contributed by atoms with E-state index >= 15 is 0 Å². The summed E-state index contributed by atoms with van der Waals surface area (Å²) < 4.78 is 64.4. The van der Waals surface area contributed by atoms with Gasteiger partial charge in [-0.05, 0) is 209 Å². The number of nitrogens with zero attached hydrogens (tertiary/aromatic N) is 6. The molecule has 2 atom stereocenters. The maximum Gasteiger partial charge on any atom is 0.338 e. The van der Waals surface area contributed by atoms with Crippen molar-refractivity contribution in [2.75, 3.05) is 36.9 Å². The zero-order valence-corrected chi connectivity index (χ0v) is 54.5. The van der Waals surface area contributed by atoms with Crippen LogP contribution in [-0.4, -0.2) is 89.2 Å². The summed E-state index contributed by atoms with van der Waals surface area (Å²) in [4.78, 5) is 65.8. The third kappa shape index (κ3) is 19.8. The summed E-state index contributed by atoms with van der Waals surface area (Å²) in [7, 11) is -8.04. The number of carboxylic acid groups (broad SMARTS) is 1. The number of ether oxygens (including phenoxy) is 2. The molecular formula is C64H82Cl2N10O11S2. The van der Waals surface area contributed by atoms with Gasteiger partial charge in [-0.3, -0.25) is 23.5 Å². The van der Waals surface area contributed by atoms with Gasteiger partial charge >= 0.3 is 5.97 Å². The minimum atomic E-state index is -4.30. The lowest BCUT2D eigenvalue weighted by molar-refractivity contribution is 0.0696. The molecule has 89 heavy (non-hydrogen) atoms. The summed E-state index contributed by atoms with van der Waals surface area (Å²) in [5, 5.41) is 19.6. The number of primary sulfonamides is 1. The monoisotopic (exact) mass is 1300 g/mol. The minimum Gasteiger partial charge on any atom is -0.488 e. The number of carbonyl (C=O) groups excluding carboxylic acids is 1. The fourth-order valence-electron chi connectivity index (χ4n) is 11.1. The SMILES string of the molecule is CC1(C)CC[C@@H](CCCNc2cccc(S(=O)(=O)NC(=O)c3ccc(-n4cccc(OCCC5(C)CC5)c4=O)nc3Cl)n2)C1.CC1(C)CC[C@@H](CCCNc2cccc(S(N)(=O)=O)n2)C1.CC1(CCOc2cccn(-c3ccc(C(=O)O)c(Cl)n3)c2=O)CC1. The lowest BCUT2D eigenvalue weighted by Gasteiger charge is -2.17. The molecule has 0 unspecified atom stereocenters. The molecular weight excluding hydrogens is 1220 g/mol. The number of carboxylic acids is 1. The number of aromatic nitrogens is 6. The van der Waals surface area contributed by atoms with Crippen LogP contribution in [0.2, 0.25) is 10.3 Å². The molecule has 4 saturated carbocycles. The molecule has 25 heteroatoms. The van der Waals surface area contributed by atoms with E-state index in [1.54, 1.807) is 48.5 Å². The van der Waals surface area contributed by atoms with E-state index in [1.807, 2.05) is 4.72 Å². The molecule has 6 aromatic rings. The van der Waals surface area contributed by atoms with Gasteiger partial charge in [-0.25, -0.2) is 43.0 Å². The molecule has 0 aliphatic heterocycles. The van der Waals surface area contributed by atoms with Crippen molar-refractivity contribution in [1.29, 1.82) is 0 Å². The third-order valence-corrected chi connectivity index (χ3v) is 19.8. The second kappa shape index (κ2) is 28.9. The maximum atomic E-state index is 13.0. The Kier molecular flexibility index (Phi) is 22.1. The second-order valence-corrected chi connectivity index (χ2v) is 30.0. The Balaban J connectivity index is 0.000000191. The van der Waals surface area contributed by atoms with Crippen molar-refractivity contribution in [1.82, 2.24) is 33.8 Å². The fourth-order valence-corrected chi connectivity index (χ4v) is 13.0. The lowest BCUT2D eigenvalue weighted by atomic mass is 9.89. The predicted molar refractivity (Wildman–Crippen MR) is 344 cm³/mol. The average molecular weight is 1300 g/mol.